The van der Waals surface area contributed by atoms with Crippen LogP contribution in [-0.4, -0.2) is 54.5 Å². The molecule has 35 heavy (non-hydrogen) atoms. The second kappa shape index (κ2) is 9.33. The fourth-order valence-corrected chi connectivity index (χ4v) is 4.51. The van der Waals surface area contributed by atoms with E-state index < -0.39 is 0 Å². The number of fused-ring (bicyclic) bond motifs is 2. The van der Waals surface area contributed by atoms with E-state index in [2.05, 4.69) is 17.1 Å². The Hall–Kier alpha value is -4.00. The van der Waals surface area contributed by atoms with Gasteiger partial charge in [-0.15, -0.1) is 0 Å². The van der Waals surface area contributed by atoms with Crippen LogP contribution in [0.2, 0.25) is 0 Å². The fourth-order valence-electron chi connectivity index (χ4n) is 4.51. The van der Waals surface area contributed by atoms with E-state index in [1.54, 1.807) is 7.11 Å². The number of anilines is 1. The van der Waals surface area contributed by atoms with Gasteiger partial charge in [0, 0.05) is 37.4 Å². The lowest BCUT2D eigenvalue weighted by atomic mass is 10.1. The van der Waals surface area contributed by atoms with Crippen molar-refractivity contribution in [1.82, 2.24) is 9.80 Å². The second-order valence-corrected chi connectivity index (χ2v) is 9.16. The van der Waals surface area contributed by atoms with E-state index in [1.165, 1.54) is 0 Å². The first-order valence-corrected chi connectivity index (χ1v) is 11.9. The lowest BCUT2D eigenvalue weighted by Gasteiger charge is -2.41. The highest BCUT2D eigenvalue weighted by Gasteiger charge is 2.31. The fraction of sp³-hybridized carbons (Fsp3) is 0.286. The summed E-state index contributed by atoms with van der Waals surface area (Å²) >= 11 is 0. The van der Waals surface area contributed by atoms with E-state index in [0.29, 0.717) is 25.4 Å². The predicted octanol–water partition coefficient (Wildman–Crippen LogP) is 5.73. The Morgan fingerprint density at radius 2 is 1.77 bits per heavy atom. The van der Waals surface area contributed by atoms with E-state index >= 15 is 0 Å². The molecule has 2 heterocycles. The Balaban J connectivity index is 1.41. The maximum atomic E-state index is 13.0. The minimum atomic E-state index is -0.0851. The van der Waals surface area contributed by atoms with Crippen LogP contribution < -0.4 is 14.8 Å². The number of nitrogens with zero attached hydrogens (tertiary/aromatic N) is 3. The number of methoxy groups -OCH3 is 1. The van der Waals surface area contributed by atoms with Gasteiger partial charge in [-0.2, -0.15) is 0 Å². The summed E-state index contributed by atoms with van der Waals surface area (Å²) in [6.07, 6.45) is 0. The van der Waals surface area contributed by atoms with Gasteiger partial charge in [-0.1, -0.05) is 23.8 Å². The summed E-state index contributed by atoms with van der Waals surface area (Å²) in [5.41, 5.74) is 4.76. The smallest absolute Gasteiger partial charge is 0.322 e. The lowest BCUT2D eigenvalue weighted by Crippen LogP contribution is -2.56. The van der Waals surface area contributed by atoms with Gasteiger partial charge in [0.25, 0.3) is 0 Å². The number of carbonyl (C=O) groups excluding carboxylic acids is 1. The molecule has 0 bridgehead atoms. The topological polar surface area (TPSA) is 66.4 Å². The minimum absolute atomic E-state index is 0.000237. The summed E-state index contributed by atoms with van der Waals surface area (Å²) < 4.78 is 11.8. The second-order valence-electron chi connectivity index (χ2n) is 9.16. The van der Waals surface area contributed by atoms with Crippen molar-refractivity contribution in [2.75, 3.05) is 32.1 Å². The van der Waals surface area contributed by atoms with Crippen LogP contribution in [0.1, 0.15) is 23.6 Å². The van der Waals surface area contributed by atoms with Crippen molar-refractivity contribution in [1.29, 1.82) is 0 Å². The standard InChI is InChI=1S/C28H30N4O3/c1-18-5-8-21(9-6-18)29-28(33)32-14-13-31(17-20(32)3)27-23-11-10-22(34-4)16-25(23)35-26-15-19(2)7-12-24(26)30-27/h5-12,15-16,20H,13-14,17H2,1-4H3,(H,29,33). The predicted molar refractivity (Wildman–Crippen MR) is 138 cm³/mol. The van der Waals surface area contributed by atoms with Crippen LogP contribution in [0.25, 0.3) is 0 Å². The number of ether oxygens (including phenoxy) is 2. The third-order valence-electron chi connectivity index (χ3n) is 6.48. The van der Waals surface area contributed by atoms with Crippen molar-refractivity contribution < 1.29 is 14.3 Å². The van der Waals surface area contributed by atoms with E-state index in [-0.39, 0.29) is 12.1 Å². The molecule has 0 radical (unpaired) electrons. The van der Waals surface area contributed by atoms with E-state index in [4.69, 9.17) is 14.5 Å². The summed E-state index contributed by atoms with van der Waals surface area (Å²) in [6.45, 7) is 8.05. The zero-order valence-electron chi connectivity index (χ0n) is 20.5. The van der Waals surface area contributed by atoms with Gasteiger partial charge in [0.1, 0.15) is 23.0 Å². The maximum Gasteiger partial charge on any atom is 0.322 e. The van der Waals surface area contributed by atoms with Crippen molar-refractivity contribution in [3.05, 3.63) is 77.4 Å². The molecule has 180 valence electrons. The highest BCUT2D eigenvalue weighted by atomic mass is 16.5. The van der Waals surface area contributed by atoms with Gasteiger partial charge in [-0.05, 0) is 62.7 Å². The third kappa shape index (κ3) is 4.67. The van der Waals surface area contributed by atoms with Gasteiger partial charge >= 0.3 is 6.03 Å². The molecule has 1 atom stereocenters. The average molecular weight is 471 g/mol. The number of amidine groups is 1. The quantitative estimate of drug-likeness (QED) is 0.519. The molecule has 3 aromatic rings. The van der Waals surface area contributed by atoms with Crippen molar-refractivity contribution in [2.45, 2.75) is 26.8 Å². The molecule has 2 amide bonds. The molecule has 0 aliphatic carbocycles. The minimum Gasteiger partial charge on any atom is -0.497 e. The zero-order chi connectivity index (χ0) is 24.5. The normalized spacial score (nSPS) is 16.9. The Morgan fingerprint density at radius 3 is 2.51 bits per heavy atom. The first kappa shape index (κ1) is 22.8. The number of aliphatic imine (C=N–C) groups is 1. The molecule has 1 N–H and O–H groups in total. The summed E-state index contributed by atoms with van der Waals surface area (Å²) in [5, 5.41) is 3.02. The van der Waals surface area contributed by atoms with Gasteiger partial charge in [-0.25, -0.2) is 9.79 Å². The van der Waals surface area contributed by atoms with Crippen LogP contribution in [0.15, 0.2) is 65.7 Å². The van der Waals surface area contributed by atoms with Crippen LogP contribution in [0.3, 0.4) is 0 Å². The Labute approximate surface area is 206 Å². The Kier molecular flexibility index (Phi) is 6.07. The van der Waals surface area contributed by atoms with Gasteiger partial charge in [-0.3, -0.25) is 0 Å². The van der Waals surface area contributed by atoms with Crippen LogP contribution in [-0.2, 0) is 0 Å². The largest absolute Gasteiger partial charge is 0.497 e. The first-order chi connectivity index (χ1) is 16.9. The number of hydrogen-bond donors (Lipinski definition) is 1. The van der Waals surface area contributed by atoms with Crippen LogP contribution >= 0.6 is 0 Å². The van der Waals surface area contributed by atoms with Crippen LogP contribution in [0, 0.1) is 13.8 Å². The number of nitrogens with one attached hydrogen (secondary N) is 1. The number of rotatable bonds is 2. The van der Waals surface area contributed by atoms with Gasteiger partial charge < -0.3 is 24.6 Å². The number of benzene rings is 3. The van der Waals surface area contributed by atoms with Crippen LogP contribution in [0.5, 0.6) is 17.2 Å². The molecule has 2 aliphatic rings. The van der Waals surface area contributed by atoms with Crippen LogP contribution in [0.4, 0.5) is 16.2 Å². The third-order valence-corrected chi connectivity index (χ3v) is 6.48. The summed E-state index contributed by atoms with van der Waals surface area (Å²) in [6, 6.07) is 19.6. The number of piperazine rings is 1. The molecule has 1 fully saturated rings. The molecule has 3 aromatic carbocycles. The highest BCUT2D eigenvalue weighted by Crippen LogP contribution is 2.40. The summed E-state index contributed by atoms with van der Waals surface area (Å²) in [5.74, 6) is 3.00. The molecule has 5 rings (SSSR count). The Morgan fingerprint density at radius 1 is 1.00 bits per heavy atom. The zero-order valence-corrected chi connectivity index (χ0v) is 20.5. The number of hydrogen-bond acceptors (Lipinski definition) is 5. The van der Waals surface area contributed by atoms with Crippen molar-refractivity contribution in [2.24, 2.45) is 4.99 Å². The van der Waals surface area contributed by atoms with E-state index in [9.17, 15) is 4.79 Å². The van der Waals surface area contributed by atoms with Gasteiger partial charge in [0.15, 0.2) is 5.75 Å². The number of aryl methyl sites for hydroxylation is 2. The van der Waals surface area contributed by atoms with Crippen molar-refractivity contribution in [3.8, 4) is 17.2 Å². The SMILES string of the molecule is COc1ccc2c(c1)Oc1cc(C)ccc1N=C2N1CCN(C(=O)Nc2ccc(C)cc2)C(C)C1. The van der Waals surface area contributed by atoms with Crippen molar-refractivity contribution >= 4 is 23.2 Å². The highest BCUT2D eigenvalue weighted by molar-refractivity contribution is 6.04. The van der Waals surface area contributed by atoms with Gasteiger partial charge in [0.2, 0.25) is 0 Å². The molecule has 2 aliphatic heterocycles. The molecule has 1 unspecified atom stereocenters. The Bertz CT molecular complexity index is 1290. The number of carbonyl (C=O) groups is 1. The number of amides is 2. The molecule has 1 saturated heterocycles. The average Bonchev–Trinajstić information content (AvgIpc) is 3.01. The van der Waals surface area contributed by atoms with E-state index in [1.807, 2.05) is 79.4 Å². The monoisotopic (exact) mass is 470 g/mol. The van der Waals surface area contributed by atoms with Gasteiger partial charge in [0.05, 0.1) is 12.7 Å². The van der Waals surface area contributed by atoms with Crippen molar-refractivity contribution in [3.63, 3.8) is 0 Å². The molecule has 7 heteroatoms. The molecular formula is C28H30N4O3. The van der Waals surface area contributed by atoms with E-state index in [0.717, 1.165) is 45.4 Å². The maximum absolute atomic E-state index is 13.0. The molecule has 0 spiro atoms. The lowest BCUT2D eigenvalue weighted by molar-refractivity contribution is 0.145. The molecule has 7 nitrogen and oxygen atoms in total. The molecule has 0 saturated carbocycles. The number of urea groups is 1. The summed E-state index contributed by atoms with van der Waals surface area (Å²) in [7, 11) is 1.65. The first-order valence-electron chi connectivity index (χ1n) is 11.9. The summed E-state index contributed by atoms with van der Waals surface area (Å²) in [4.78, 5) is 22.2. The molecule has 0 aromatic heterocycles. The molecular weight excluding hydrogens is 440 g/mol.